The molecule has 7 heteroatoms. The van der Waals surface area contributed by atoms with Crippen molar-refractivity contribution < 1.29 is 14.3 Å². The first-order valence-corrected chi connectivity index (χ1v) is 11.9. The summed E-state index contributed by atoms with van der Waals surface area (Å²) < 4.78 is 5.39. The van der Waals surface area contributed by atoms with Crippen LogP contribution in [-0.4, -0.2) is 24.1 Å². The molecule has 35 heavy (non-hydrogen) atoms. The number of hydrogen-bond donors (Lipinski definition) is 4. The van der Waals surface area contributed by atoms with Gasteiger partial charge in [-0.15, -0.1) is 0 Å². The van der Waals surface area contributed by atoms with Crippen LogP contribution in [0.2, 0.25) is 0 Å². The highest BCUT2D eigenvalue weighted by molar-refractivity contribution is 6.05. The monoisotopic (exact) mass is 472 g/mol. The van der Waals surface area contributed by atoms with Crippen LogP contribution in [0.25, 0.3) is 0 Å². The quantitative estimate of drug-likeness (QED) is 0.335. The zero-order valence-corrected chi connectivity index (χ0v) is 20.1. The third kappa shape index (κ3) is 6.83. The second-order valence-corrected chi connectivity index (χ2v) is 9.18. The molecule has 0 heterocycles. The summed E-state index contributed by atoms with van der Waals surface area (Å²) in [6.45, 7) is 4.84. The Labute approximate surface area is 206 Å². The molecule has 182 valence electrons. The molecule has 0 spiro atoms. The number of benzene rings is 3. The van der Waals surface area contributed by atoms with Gasteiger partial charge in [-0.1, -0.05) is 62.4 Å². The van der Waals surface area contributed by atoms with Gasteiger partial charge in [-0.2, -0.15) is 0 Å². The van der Waals surface area contributed by atoms with Crippen LogP contribution >= 0.6 is 0 Å². The van der Waals surface area contributed by atoms with E-state index in [0.717, 1.165) is 17.5 Å². The lowest BCUT2D eigenvalue weighted by Gasteiger charge is -2.10. The van der Waals surface area contributed by atoms with Crippen LogP contribution in [0, 0.1) is 0 Å². The van der Waals surface area contributed by atoms with Crippen molar-refractivity contribution in [3.8, 4) is 0 Å². The SMILES string of the molecule is CC(C)N[C@H]1CC1c1cccc(COC(=O)NCc2ccc(C(=O)Nc3ccccc3N)cc2)c1. The highest BCUT2D eigenvalue weighted by Crippen LogP contribution is 2.41. The topological polar surface area (TPSA) is 105 Å². The maximum atomic E-state index is 12.4. The van der Waals surface area contributed by atoms with E-state index in [0.29, 0.717) is 41.5 Å². The van der Waals surface area contributed by atoms with Crippen molar-refractivity contribution in [1.82, 2.24) is 10.6 Å². The standard InChI is InChI=1S/C28H32N4O3/c1-18(2)31-26-15-23(26)22-7-5-6-20(14-22)17-35-28(34)30-16-19-10-12-21(13-11-19)27(33)32-25-9-4-3-8-24(25)29/h3-14,18,23,26,31H,15-17,29H2,1-2H3,(H,30,34)(H,32,33)/t23?,26-/m0/s1. The molecule has 2 amide bonds. The van der Waals surface area contributed by atoms with E-state index in [1.165, 1.54) is 5.56 Å². The molecular formula is C28H32N4O3. The van der Waals surface area contributed by atoms with Gasteiger partial charge in [0.25, 0.3) is 5.91 Å². The maximum Gasteiger partial charge on any atom is 0.407 e. The van der Waals surface area contributed by atoms with E-state index in [1.54, 1.807) is 36.4 Å². The molecule has 0 aliphatic heterocycles. The molecule has 1 fully saturated rings. The van der Waals surface area contributed by atoms with Gasteiger partial charge in [0.2, 0.25) is 0 Å². The van der Waals surface area contributed by atoms with Crippen LogP contribution < -0.4 is 21.7 Å². The fourth-order valence-electron chi connectivity index (χ4n) is 4.04. The van der Waals surface area contributed by atoms with Crippen molar-refractivity contribution in [2.75, 3.05) is 11.1 Å². The van der Waals surface area contributed by atoms with Crippen LogP contribution in [0.4, 0.5) is 16.2 Å². The maximum absolute atomic E-state index is 12.4. The lowest BCUT2D eigenvalue weighted by molar-refractivity contribution is 0.102. The third-order valence-corrected chi connectivity index (χ3v) is 5.95. The zero-order valence-electron chi connectivity index (χ0n) is 20.1. The average molecular weight is 473 g/mol. The lowest BCUT2D eigenvalue weighted by atomic mass is 10.1. The number of hydrogen-bond acceptors (Lipinski definition) is 5. The van der Waals surface area contributed by atoms with Crippen molar-refractivity contribution in [3.05, 3.63) is 95.1 Å². The molecule has 0 bridgehead atoms. The predicted octanol–water partition coefficient (Wildman–Crippen LogP) is 4.80. The highest BCUT2D eigenvalue weighted by Gasteiger charge is 2.38. The van der Waals surface area contributed by atoms with E-state index < -0.39 is 6.09 Å². The number of anilines is 2. The van der Waals surface area contributed by atoms with Crippen LogP contribution in [0.5, 0.6) is 0 Å². The smallest absolute Gasteiger partial charge is 0.407 e. The van der Waals surface area contributed by atoms with E-state index in [9.17, 15) is 9.59 Å². The third-order valence-electron chi connectivity index (χ3n) is 5.95. The van der Waals surface area contributed by atoms with E-state index >= 15 is 0 Å². The molecular weight excluding hydrogens is 440 g/mol. The van der Waals surface area contributed by atoms with Gasteiger partial charge in [0.1, 0.15) is 6.61 Å². The Kier molecular flexibility index (Phi) is 7.67. The van der Waals surface area contributed by atoms with Crippen molar-refractivity contribution in [3.63, 3.8) is 0 Å². The largest absolute Gasteiger partial charge is 0.445 e. The Hall–Kier alpha value is -3.84. The summed E-state index contributed by atoms with van der Waals surface area (Å²) in [5.41, 5.74) is 10.6. The van der Waals surface area contributed by atoms with Gasteiger partial charge in [0.05, 0.1) is 11.4 Å². The number of carbonyl (C=O) groups excluding carboxylic acids is 2. The van der Waals surface area contributed by atoms with Crippen molar-refractivity contribution in [2.45, 2.75) is 51.4 Å². The van der Waals surface area contributed by atoms with Crippen LogP contribution in [-0.2, 0) is 17.9 Å². The van der Waals surface area contributed by atoms with Crippen LogP contribution in [0.3, 0.4) is 0 Å². The number of rotatable bonds is 9. The summed E-state index contributed by atoms with van der Waals surface area (Å²) in [4.78, 5) is 24.6. The fourth-order valence-corrected chi connectivity index (χ4v) is 4.04. The molecule has 1 aliphatic carbocycles. The molecule has 1 unspecified atom stereocenters. The van der Waals surface area contributed by atoms with Gasteiger partial charge in [0.15, 0.2) is 0 Å². The van der Waals surface area contributed by atoms with Crippen molar-refractivity contribution in [1.29, 1.82) is 0 Å². The number of nitrogens with one attached hydrogen (secondary N) is 3. The van der Waals surface area contributed by atoms with Crippen LogP contribution in [0.1, 0.15) is 53.2 Å². The summed E-state index contributed by atoms with van der Waals surface area (Å²) in [5.74, 6) is 0.280. The van der Waals surface area contributed by atoms with Gasteiger partial charge in [0, 0.05) is 30.1 Å². The summed E-state index contributed by atoms with van der Waals surface area (Å²) in [6, 6.07) is 23.4. The summed E-state index contributed by atoms with van der Waals surface area (Å²) >= 11 is 0. The molecule has 1 aliphatic rings. The minimum Gasteiger partial charge on any atom is -0.445 e. The Balaban J connectivity index is 1.22. The zero-order chi connectivity index (χ0) is 24.8. The van der Waals surface area contributed by atoms with Gasteiger partial charge < -0.3 is 26.4 Å². The van der Waals surface area contributed by atoms with E-state index in [2.05, 4.69) is 41.9 Å². The van der Waals surface area contributed by atoms with Gasteiger partial charge >= 0.3 is 6.09 Å². The fraction of sp³-hybridized carbons (Fsp3) is 0.286. The first-order valence-electron chi connectivity index (χ1n) is 11.9. The number of nitrogen functional groups attached to an aromatic ring is 1. The number of nitrogens with two attached hydrogens (primary N) is 1. The average Bonchev–Trinajstić information content (AvgIpc) is 3.61. The van der Waals surface area contributed by atoms with Crippen molar-refractivity contribution in [2.24, 2.45) is 0 Å². The molecule has 3 aromatic carbocycles. The molecule has 4 rings (SSSR count). The Morgan fingerprint density at radius 2 is 1.77 bits per heavy atom. The first kappa shape index (κ1) is 24.3. The normalized spacial score (nSPS) is 16.5. The molecule has 5 N–H and O–H groups in total. The summed E-state index contributed by atoms with van der Waals surface area (Å²) in [5, 5.41) is 9.12. The van der Waals surface area contributed by atoms with Crippen molar-refractivity contribution >= 4 is 23.4 Å². The van der Waals surface area contributed by atoms with Gasteiger partial charge in [-0.05, 0) is 47.4 Å². The lowest BCUT2D eigenvalue weighted by Crippen LogP contribution is -2.25. The van der Waals surface area contributed by atoms with E-state index in [4.69, 9.17) is 10.5 Å². The Bertz CT molecular complexity index is 1180. The number of ether oxygens (including phenoxy) is 1. The number of carbonyl (C=O) groups is 2. The number of alkyl carbamates (subject to hydrolysis) is 1. The van der Waals surface area contributed by atoms with Crippen LogP contribution in [0.15, 0.2) is 72.8 Å². The minimum atomic E-state index is -0.484. The second-order valence-electron chi connectivity index (χ2n) is 9.18. The van der Waals surface area contributed by atoms with Gasteiger partial charge in [-0.3, -0.25) is 4.79 Å². The minimum absolute atomic E-state index is 0.219. The van der Waals surface area contributed by atoms with Gasteiger partial charge in [-0.25, -0.2) is 4.79 Å². The summed E-state index contributed by atoms with van der Waals surface area (Å²) in [7, 11) is 0. The molecule has 7 nitrogen and oxygen atoms in total. The molecule has 3 aromatic rings. The Morgan fingerprint density at radius 3 is 2.51 bits per heavy atom. The van der Waals surface area contributed by atoms with E-state index in [1.807, 2.05) is 24.3 Å². The molecule has 1 saturated carbocycles. The molecule has 0 radical (unpaired) electrons. The van der Waals surface area contributed by atoms with E-state index in [-0.39, 0.29) is 12.5 Å². The molecule has 0 aromatic heterocycles. The molecule has 0 saturated heterocycles. The molecule has 2 atom stereocenters. The second kappa shape index (κ2) is 11.1. The summed E-state index contributed by atoms with van der Waals surface area (Å²) in [6.07, 6.45) is 0.659. The number of amides is 2. The highest BCUT2D eigenvalue weighted by atomic mass is 16.5. The Morgan fingerprint density at radius 1 is 1.00 bits per heavy atom. The first-order chi connectivity index (χ1) is 16.9. The predicted molar refractivity (Wildman–Crippen MR) is 138 cm³/mol. The number of para-hydroxylation sites is 2.